The highest BCUT2D eigenvalue weighted by Gasteiger charge is 2.31. The van der Waals surface area contributed by atoms with E-state index < -0.39 is 35.4 Å². The predicted octanol–water partition coefficient (Wildman–Crippen LogP) is 13.0. The number of unbranched alkanes of at least 4 members (excludes halogenated alkanes) is 6. The predicted molar refractivity (Wildman–Crippen MR) is 276 cm³/mol. The van der Waals surface area contributed by atoms with Crippen LogP contribution in [0.4, 0.5) is 26.3 Å². The van der Waals surface area contributed by atoms with Crippen molar-refractivity contribution in [3.05, 3.63) is 155 Å². The van der Waals surface area contributed by atoms with Crippen LogP contribution in [0.25, 0.3) is 22.8 Å². The number of hydrogen-bond donors (Lipinski definition) is 3. The summed E-state index contributed by atoms with van der Waals surface area (Å²) in [6, 6.07) is 22.6. The Kier molecular flexibility index (Phi) is 23.4. The van der Waals surface area contributed by atoms with Crippen molar-refractivity contribution in [2.45, 2.75) is 115 Å². The second-order valence-electron chi connectivity index (χ2n) is 17.8. The van der Waals surface area contributed by atoms with E-state index in [0.29, 0.717) is 51.8 Å². The molecule has 0 bridgehead atoms. The largest absolute Gasteiger partial charge is 0.486 e. The highest BCUT2D eigenvalue weighted by Crippen LogP contribution is 2.33. The monoisotopic (exact) mass is 1070 g/mol. The molecule has 4 aromatic carbocycles. The summed E-state index contributed by atoms with van der Waals surface area (Å²) in [6.45, 7) is 4.47. The minimum atomic E-state index is -4.41. The molecule has 0 aliphatic carbocycles. The van der Waals surface area contributed by atoms with Crippen molar-refractivity contribution < 1.29 is 64.8 Å². The van der Waals surface area contributed by atoms with E-state index in [9.17, 15) is 45.5 Å². The van der Waals surface area contributed by atoms with E-state index in [2.05, 4.69) is 49.2 Å². The van der Waals surface area contributed by atoms with Crippen LogP contribution in [0, 0.1) is 0 Å². The van der Waals surface area contributed by atoms with Gasteiger partial charge in [0.05, 0.1) is 31.1 Å². The Balaban J connectivity index is 0.000000284. The third-order valence-electron chi connectivity index (χ3n) is 11.9. The van der Waals surface area contributed by atoms with Gasteiger partial charge in [-0.2, -0.15) is 26.3 Å². The van der Waals surface area contributed by atoms with Gasteiger partial charge in [0.15, 0.2) is 11.6 Å². The van der Waals surface area contributed by atoms with Crippen molar-refractivity contribution in [1.82, 2.24) is 30.6 Å². The molecule has 20 heteroatoms. The second-order valence-corrected chi connectivity index (χ2v) is 17.8. The Morgan fingerprint density at radius 1 is 0.519 bits per heavy atom. The van der Waals surface area contributed by atoms with Crippen molar-refractivity contribution in [2.24, 2.45) is 0 Å². The van der Waals surface area contributed by atoms with Gasteiger partial charge in [0, 0.05) is 71.3 Å². The van der Waals surface area contributed by atoms with Gasteiger partial charge < -0.3 is 30.0 Å². The van der Waals surface area contributed by atoms with Crippen LogP contribution in [0.1, 0.15) is 146 Å². The van der Waals surface area contributed by atoms with E-state index in [4.69, 9.17) is 14.6 Å². The summed E-state index contributed by atoms with van der Waals surface area (Å²) in [4.78, 5) is 63.8. The number of carbonyl (C=O) groups is 4. The van der Waals surface area contributed by atoms with Gasteiger partial charge in [-0.15, -0.1) is 0 Å². The molecule has 0 saturated carbocycles. The smallest absolute Gasteiger partial charge is 0.416 e. The molecule has 2 amide bonds. The van der Waals surface area contributed by atoms with Crippen LogP contribution < -0.4 is 20.1 Å². The van der Waals surface area contributed by atoms with Crippen molar-refractivity contribution in [3.8, 4) is 34.3 Å². The molecule has 2 aromatic heterocycles. The highest BCUT2D eigenvalue weighted by molar-refractivity contribution is 5.95. The van der Waals surface area contributed by atoms with Crippen LogP contribution >= 0.6 is 0 Å². The standard InChI is InChI=1S/C29H32F3N3O4.C28H30F3N3O4/c1-3-4-5-6-7-25(39-24-14-10-21(11-15-24)28(37)33-17-16-26(36)38-2)22-18-34-27(35-19-22)20-8-12-23(13-9-20)29(30,31)32;1-2-3-4-5-6-24(38-23-13-9-20(10-14-23)27(37)32-16-15-25(35)36)21-17-33-26(34-18-21)19-7-11-22(12-8-19)28(29,30)31/h8-15,18-19,25H,3-7,16-17H2,1-2H3,(H,33,37);7-14,17-18,24H,2-6,15-16H2,1H3,(H,32,37)(H,35,36). The molecule has 77 heavy (non-hydrogen) atoms. The lowest BCUT2D eigenvalue weighted by molar-refractivity contribution is -0.140. The van der Waals surface area contributed by atoms with Gasteiger partial charge in [-0.25, -0.2) is 19.9 Å². The summed E-state index contributed by atoms with van der Waals surface area (Å²) in [5.74, 6) is -0.344. The SMILES string of the molecule is CCCCCCC(Oc1ccc(C(=O)NCCC(=O)O)cc1)c1cnc(-c2ccc(C(F)(F)F)cc2)nc1.CCCCCCC(Oc1ccc(C(=O)NCCC(=O)OC)cc1)c1cnc(-c2ccc(C(F)(F)F)cc2)nc1. The van der Waals surface area contributed by atoms with Crippen LogP contribution in [0.2, 0.25) is 0 Å². The first-order chi connectivity index (χ1) is 36.9. The molecule has 0 aliphatic rings. The molecule has 6 aromatic rings. The molecule has 0 aliphatic heterocycles. The third kappa shape index (κ3) is 20.0. The number of benzene rings is 4. The van der Waals surface area contributed by atoms with E-state index in [1.165, 1.54) is 31.4 Å². The minimum Gasteiger partial charge on any atom is -0.486 e. The summed E-state index contributed by atoms with van der Waals surface area (Å²) in [7, 11) is 1.29. The maximum Gasteiger partial charge on any atom is 0.416 e. The maximum atomic E-state index is 12.9. The fourth-order valence-corrected chi connectivity index (χ4v) is 7.59. The van der Waals surface area contributed by atoms with Gasteiger partial charge in [0.2, 0.25) is 0 Å². The zero-order valence-electron chi connectivity index (χ0n) is 43.0. The minimum absolute atomic E-state index is 0.0364. The lowest BCUT2D eigenvalue weighted by Gasteiger charge is -2.20. The number of aromatic nitrogens is 4. The number of ether oxygens (including phenoxy) is 3. The van der Waals surface area contributed by atoms with Gasteiger partial charge in [-0.3, -0.25) is 19.2 Å². The van der Waals surface area contributed by atoms with E-state index in [-0.39, 0.29) is 50.0 Å². The number of nitrogens with zero attached hydrogens (tertiary/aromatic N) is 4. The van der Waals surface area contributed by atoms with E-state index in [1.54, 1.807) is 73.3 Å². The number of aliphatic carboxylic acids is 1. The summed E-state index contributed by atoms with van der Waals surface area (Å²) in [6.07, 6.45) is 6.67. The third-order valence-corrected chi connectivity index (χ3v) is 11.9. The fraction of sp³-hybridized carbons (Fsp3) is 0.368. The van der Waals surface area contributed by atoms with Crippen molar-refractivity contribution >= 4 is 23.8 Å². The van der Waals surface area contributed by atoms with Gasteiger partial charge in [0.25, 0.3) is 11.8 Å². The molecule has 2 unspecified atom stereocenters. The Hall–Kier alpha value is -7.90. The number of carboxylic acid groups (broad SMARTS) is 1. The van der Waals surface area contributed by atoms with Gasteiger partial charge in [-0.1, -0.05) is 76.6 Å². The number of carbonyl (C=O) groups excluding carboxylic acids is 3. The lowest BCUT2D eigenvalue weighted by Crippen LogP contribution is -2.26. The van der Waals surface area contributed by atoms with Crippen LogP contribution in [0.3, 0.4) is 0 Å². The van der Waals surface area contributed by atoms with Crippen molar-refractivity contribution in [3.63, 3.8) is 0 Å². The number of carboxylic acids is 1. The summed E-state index contributed by atoms with van der Waals surface area (Å²) in [5, 5.41) is 13.9. The molecular weight excluding hydrogens is 1010 g/mol. The molecule has 2 atom stereocenters. The van der Waals surface area contributed by atoms with Crippen LogP contribution in [0.5, 0.6) is 11.5 Å². The normalized spacial score (nSPS) is 12.1. The number of nitrogens with one attached hydrogen (secondary N) is 2. The van der Waals surface area contributed by atoms with Gasteiger partial charge in [-0.05, 0) is 98.5 Å². The van der Waals surface area contributed by atoms with Crippen LogP contribution in [-0.2, 0) is 26.7 Å². The van der Waals surface area contributed by atoms with Crippen molar-refractivity contribution in [2.75, 3.05) is 20.2 Å². The molecule has 2 heterocycles. The van der Waals surface area contributed by atoms with Crippen LogP contribution in [-0.4, -0.2) is 69.0 Å². The molecule has 410 valence electrons. The number of rotatable bonds is 26. The molecule has 3 N–H and O–H groups in total. The lowest BCUT2D eigenvalue weighted by atomic mass is 10.0. The zero-order chi connectivity index (χ0) is 55.8. The highest BCUT2D eigenvalue weighted by atomic mass is 19.4. The number of halogens is 6. The molecular formula is C57H62F6N6O8. The molecule has 0 saturated heterocycles. The Morgan fingerprint density at radius 2 is 0.883 bits per heavy atom. The summed E-state index contributed by atoms with van der Waals surface area (Å²) >= 11 is 0. The average molecular weight is 1070 g/mol. The first kappa shape index (κ1) is 60.0. The maximum absolute atomic E-state index is 12.9. The van der Waals surface area contributed by atoms with E-state index in [1.807, 2.05) is 0 Å². The first-order valence-corrected chi connectivity index (χ1v) is 25.3. The number of amides is 2. The van der Waals surface area contributed by atoms with Gasteiger partial charge >= 0.3 is 24.3 Å². The Bertz CT molecular complexity index is 2760. The number of methoxy groups -OCH3 is 1. The average Bonchev–Trinajstić information content (AvgIpc) is 3.42. The molecule has 6 rings (SSSR count). The summed E-state index contributed by atoms with van der Waals surface area (Å²) in [5.41, 5.74) is 1.77. The van der Waals surface area contributed by atoms with E-state index in [0.717, 1.165) is 93.2 Å². The molecule has 0 fully saturated rings. The Morgan fingerprint density at radius 3 is 1.21 bits per heavy atom. The molecule has 0 spiro atoms. The zero-order valence-corrected chi connectivity index (χ0v) is 43.0. The summed E-state index contributed by atoms with van der Waals surface area (Å²) < 4.78 is 94.1. The number of alkyl halides is 6. The van der Waals surface area contributed by atoms with Gasteiger partial charge in [0.1, 0.15) is 23.7 Å². The van der Waals surface area contributed by atoms with Crippen LogP contribution in [0.15, 0.2) is 122 Å². The number of hydrogen-bond acceptors (Lipinski definition) is 11. The van der Waals surface area contributed by atoms with Crippen molar-refractivity contribution in [1.29, 1.82) is 0 Å². The van der Waals surface area contributed by atoms with E-state index >= 15 is 0 Å². The fourth-order valence-electron chi connectivity index (χ4n) is 7.59. The second kappa shape index (κ2) is 30.0. The number of esters is 1. The quantitative estimate of drug-likeness (QED) is 0.0265. The first-order valence-electron chi connectivity index (χ1n) is 25.3. The molecule has 14 nitrogen and oxygen atoms in total. The molecule has 0 radical (unpaired) electrons. The topological polar surface area (TPSA) is 192 Å². The Labute approximate surface area is 443 Å².